The summed E-state index contributed by atoms with van der Waals surface area (Å²) >= 11 is 3.34. The molecule has 4 rings (SSSR count). The number of benzene rings is 2. The summed E-state index contributed by atoms with van der Waals surface area (Å²) in [4.78, 5) is 25.5. The van der Waals surface area contributed by atoms with Crippen molar-refractivity contribution in [3.8, 4) is 0 Å². The van der Waals surface area contributed by atoms with Gasteiger partial charge in [-0.1, -0.05) is 47.3 Å². The average molecular weight is 564 g/mol. The fourth-order valence-electron chi connectivity index (χ4n) is 4.74. The first-order valence-corrected chi connectivity index (χ1v) is 14.3. The fourth-order valence-corrected chi connectivity index (χ4v) is 6.65. The van der Waals surface area contributed by atoms with Crippen LogP contribution < -0.4 is 5.32 Å². The van der Waals surface area contributed by atoms with Gasteiger partial charge in [-0.05, 0) is 74.6 Å². The van der Waals surface area contributed by atoms with Crippen LogP contribution in [0.1, 0.15) is 57.4 Å². The molecule has 2 saturated carbocycles. The van der Waals surface area contributed by atoms with E-state index in [2.05, 4.69) is 21.2 Å². The van der Waals surface area contributed by atoms with E-state index < -0.39 is 21.3 Å². The molecule has 0 saturated heterocycles. The van der Waals surface area contributed by atoms with Crippen LogP contribution in [0.2, 0.25) is 0 Å². The number of rotatable bonds is 9. The summed E-state index contributed by atoms with van der Waals surface area (Å²) in [6.07, 6.45) is 5.96. The van der Waals surface area contributed by atoms with Gasteiger partial charge in [0.2, 0.25) is 15.9 Å². The first-order chi connectivity index (χ1) is 16.8. The van der Waals surface area contributed by atoms with E-state index in [1.807, 2.05) is 12.1 Å². The quantitative estimate of drug-likeness (QED) is 0.434. The highest BCUT2D eigenvalue weighted by Crippen LogP contribution is 2.49. The Morgan fingerprint density at radius 1 is 1.03 bits per heavy atom. The standard InChI is InChI=1S/C26H31BrN2O5S/c1-2-34-25(31)26(16-17-26)19-8-12-21(13-9-19)28-24(30)18-29(22-6-4-3-5-7-22)35(32,33)23-14-10-20(27)11-15-23/h8-15,22H,2-7,16-18H2,1H3,(H,28,30). The highest BCUT2D eigenvalue weighted by Gasteiger charge is 2.52. The van der Waals surface area contributed by atoms with Crippen LogP contribution in [-0.2, 0) is 29.8 Å². The SMILES string of the molecule is CCOC(=O)C1(c2ccc(NC(=O)CN(C3CCCCC3)S(=O)(=O)c3ccc(Br)cc3)cc2)CC1. The third-order valence-corrected chi connectivity index (χ3v) is 9.28. The molecule has 0 aromatic heterocycles. The molecule has 2 aromatic carbocycles. The molecule has 0 bridgehead atoms. The largest absolute Gasteiger partial charge is 0.465 e. The van der Waals surface area contributed by atoms with Crippen molar-refractivity contribution in [3.05, 3.63) is 58.6 Å². The summed E-state index contributed by atoms with van der Waals surface area (Å²) < 4.78 is 34.4. The fraction of sp³-hybridized carbons (Fsp3) is 0.462. The molecule has 2 aliphatic carbocycles. The van der Waals surface area contributed by atoms with Crippen molar-refractivity contribution in [1.82, 2.24) is 4.31 Å². The Balaban J connectivity index is 1.48. The van der Waals surface area contributed by atoms with Crippen LogP contribution in [0, 0.1) is 0 Å². The van der Waals surface area contributed by atoms with Crippen LogP contribution in [0.15, 0.2) is 57.9 Å². The number of nitrogens with zero attached hydrogens (tertiary/aromatic N) is 1. The third-order valence-electron chi connectivity index (χ3n) is 6.84. The number of amides is 1. The maximum absolute atomic E-state index is 13.5. The van der Waals surface area contributed by atoms with Crippen molar-refractivity contribution in [2.75, 3.05) is 18.5 Å². The van der Waals surface area contributed by atoms with E-state index >= 15 is 0 Å². The van der Waals surface area contributed by atoms with Gasteiger partial charge in [0.15, 0.2) is 0 Å². The van der Waals surface area contributed by atoms with Crippen LogP contribution in [-0.4, -0.2) is 43.8 Å². The van der Waals surface area contributed by atoms with Gasteiger partial charge in [-0.3, -0.25) is 9.59 Å². The van der Waals surface area contributed by atoms with Crippen molar-refractivity contribution in [2.45, 2.75) is 68.2 Å². The second-order valence-corrected chi connectivity index (χ2v) is 12.0. The predicted molar refractivity (Wildman–Crippen MR) is 138 cm³/mol. The number of anilines is 1. The smallest absolute Gasteiger partial charge is 0.316 e. The Labute approximate surface area is 215 Å². The molecule has 1 N–H and O–H groups in total. The summed E-state index contributed by atoms with van der Waals surface area (Å²) in [6.45, 7) is 1.88. The number of nitrogens with one attached hydrogen (secondary N) is 1. The average Bonchev–Trinajstić information content (AvgIpc) is 3.66. The van der Waals surface area contributed by atoms with E-state index in [9.17, 15) is 18.0 Å². The number of carbonyl (C=O) groups excluding carboxylic acids is 2. The molecule has 0 aliphatic heterocycles. The zero-order valence-corrected chi connectivity index (χ0v) is 22.2. The lowest BCUT2D eigenvalue weighted by molar-refractivity contribution is -0.146. The molecule has 0 unspecified atom stereocenters. The molecule has 188 valence electrons. The summed E-state index contributed by atoms with van der Waals surface area (Å²) in [5, 5.41) is 2.83. The topological polar surface area (TPSA) is 92.8 Å². The Morgan fingerprint density at radius 2 is 1.66 bits per heavy atom. The van der Waals surface area contributed by atoms with Crippen LogP contribution >= 0.6 is 15.9 Å². The van der Waals surface area contributed by atoms with E-state index in [1.165, 1.54) is 4.31 Å². The molecule has 0 radical (unpaired) electrons. The van der Waals surface area contributed by atoms with Gasteiger partial charge in [-0.15, -0.1) is 0 Å². The maximum Gasteiger partial charge on any atom is 0.316 e. The molecule has 0 spiro atoms. The molecule has 1 amide bonds. The molecule has 2 aromatic rings. The summed E-state index contributed by atoms with van der Waals surface area (Å²) in [6, 6.07) is 13.5. The highest BCUT2D eigenvalue weighted by atomic mass is 79.9. The van der Waals surface area contributed by atoms with Crippen LogP contribution in [0.4, 0.5) is 5.69 Å². The van der Waals surface area contributed by atoms with Crippen molar-refractivity contribution in [3.63, 3.8) is 0 Å². The number of sulfonamides is 1. The van der Waals surface area contributed by atoms with E-state index in [0.29, 0.717) is 12.3 Å². The van der Waals surface area contributed by atoms with Gasteiger partial charge >= 0.3 is 5.97 Å². The van der Waals surface area contributed by atoms with E-state index in [4.69, 9.17) is 4.74 Å². The van der Waals surface area contributed by atoms with Gasteiger partial charge in [-0.25, -0.2) is 8.42 Å². The van der Waals surface area contributed by atoms with Gasteiger partial charge in [0, 0.05) is 16.2 Å². The summed E-state index contributed by atoms with van der Waals surface area (Å²) in [7, 11) is -3.84. The molecule has 9 heteroatoms. The summed E-state index contributed by atoms with van der Waals surface area (Å²) in [5.74, 6) is -0.603. The Kier molecular flexibility index (Phi) is 7.98. The second kappa shape index (κ2) is 10.8. The lowest BCUT2D eigenvalue weighted by Crippen LogP contribution is -2.45. The number of halogens is 1. The molecule has 7 nitrogen and oxygen atoms in total. The van der Waals surface area contributed by atoms with Crippen LogP contribution in [0.25, 0.3) is 0 Å². The number of esters is 1. The first kappa shape index (κ1) is 25.9. The van der Waals surface area contributed by atoms with Crippen molar-refractivity contribution in [1.29, 1.82) is 0 Å². The van der Waals surface area contributed by atoms with Crippen molar-refractivity contribution >= 4 is 43.5 Å². The molecule has 2 fully saturated rings. The minimum absolute atomic E-state index is 0.178. The molecule has 2 aliphatic rings. The first-order valence-electron chi connectivity index (χ1n) is 12.1. The molecule has 0 heterocycles. The monoisotopic (exact) mass is 562 g/mol. The Morgan fingerprint density at radius 3 is 2.23 bits per heavy atom. The number of hydrogen-bond donors (Lipinski definition) is 1. The lowest BCUT2D eigenvalue weighted by Gasteiger charge is -2.33. The molecule has 0 atom stereocenters. The Hall–Kier alpha value is -2.23. The highest BCUT2D eigenvalue weighted by molar-refractivity contribution is 9.10. The third kappa shape index (κ3) is 5.78. The molecular weight excluding hydrogens is 532 g/mol. The predicted octanol–water partition coefficient (Wildman–Crippen LogP) is 5.01. The van der Waals surface area contributed by atoms with E-state index in [-0.39, 0.29) is 23.5 Å². The lowest BCUT2D eigenvalue weighted by atomic mass is 9.95. The number of carbonyl (C=O) groups is 2. The zero-order valence-electron chi connectivity index (χ0n) is 19.8. The van der Waals surface area contributed by atoms with Crippen molar-refractivity contribution in [2.24, 2.45) is 0 Å². The minimum atomic E-state index is -3.84. The normalized spacial score (nSPS) is 17.7. The second-order valence-electron chi connectivity index (χ2n) is 9.22. The van der Waals surface area contributed by atoms with Crippen LogP contribution in [0.3, 0.4) is 0 Å². The number of ether oxygens (including phenoxy) is 1. The van der Waals surface area contributed by atoms with Crippen LogP contribution in [0.5, 0.6) is 0 Å². The van der Waals surface area contributed by atoms with Gasteiger partial charge in [0.25, 0.3) is 0 Å². The van der Waals surface area contributed by atoms with Gasteiger partial charge in [0.05, 0.1) is 23.5 Å². The van der Waals surface area contributed by atoms with E-state index in [1.54, 1.807) is 43.3 Å². The van der Waals surface area contributed by atoms with Gasteiger partial charge in [0.1, 0.15) is 0 Å². The zero-order chi connectivity index (χ0) is 25.1. The maximum atomic E-state index is 13.5. The molecule has 35 heavy (non-hydrogen) atoms. The van der Waals surface area contributed by atoms with E-state index in [0.717, 1.165) is 55.0 Å². The van der Waals surface area contributed by atoms with Gasteiger partial charge in [-0.2, -0.15) is 4.31 Å². The van der Waals surface area contributed by atoms with Gasteiger partial charge < -0.3 is 10.1 Å². The minimum Gasteiger partial charge on any atom is -0.465 e. The van der Waals surface area contributed by atoms with Crippen molar-refractivity contribution < 1.29 is 22.7 Å². The molecular formula is C26H31BrN2O5S. The summed E-state index contributed by atoms with van der Waals surface area (Å²) in [5.41, 5.74) is 0.855. The Bertz CT molecular complexity index is 1160. The number of hydrogen-bond acceptors (Lipinski definition) is 5.